The second-order valence-corrected chi connectivity index (χ2v) is 8.11. The molecule has 0 bridgehead atoms. The molecule has 1 saturated heterocycles. The number of nitrogens with one attached hydrogen (secondary N) is 2. The summed E-state index contributed by atoms with van der Waals surface area (Å²) in [7, 11) is 2.12. The molecule has 4 rings (SSSR count). The van der Waals surface area contributed by atoms with Crippen LogP contribution < -0.4 is 15.4 Å². The summed E-state index contributed by atoms with van der Waals surface area (Å²) in [4.78, 5) is 29.6. The molecule has 0 atom stereocenters. The molecule has 0 aromatic heterocycles. The Kier molecular flexibility index (Phi) is 6.56. The quantitative estimate of drug-likeness (QED) is 0.699. The lowest BCUT2D eigenvalue weighted by molar-refractivity contribution is -0.115. The van der Waals surface area contributed by atoms with E-state index in [1.165, 1.54) is 0 Å². The Balaban J connectivity index is 1.38. The number of ether oxygens (including phenoxy) is 1. The molecular weight excluding hydrogens is 416 g/mol. The number of fused-ring (bicyclic) bond motifs is 1. The summed E-state index contributed by atoms with van der Waals surface area (Å²) < 4.78 is 5.76. The number of nitrogens with zero attached hydrogens (tertiary/aromatic N) is 2. The summed E-state index contributed by atoms with van der Waals surface area (Å²) in [6.07, 6.45) is 1.60. The van der Waals surface area contributed by atoms with Crippen molar-refractivity contribution in [3.05, 3.63) is 64.4 Å². The molecule has 2 aromatic carbocycles. The maximum atomic E-state index is 12.5. The highest BCUT2D eigenvalue weighted by Gasteiger charge is 2.23. The highest BCUT2D eigenvalue weighted by atomic mass is 35.5. The van der Waals surface area contributed by atoms with Crippen molar-refractivity contribution < 1.29 is 14.3 Å². The van der Waals surface area contributed by atoms with Gasteiger partial charge in [-0.15, -0.1) is 0 Å². The molecule has 2 amide bonds. The first kappa shape index (κ1) is 21.4. The SMILES string of the molecule is CN1CCN(CCNC(=O)c2ccc3c(c2)NC(=O)C(=Cc2ccccc2Cl)O3)CC1. The van der Waals surface area contributed by atoms with E-state index in [0.717, 1.165) is 32.7 Å². The highest BCUT2D eigenvalue weighted by molar-refractivity contribution is 6.32. The Morgan fingerprint density at radius 1 is 1.19 bits per heavy atom. The number of amides is 2. The van der Waals surface area contributed by atoms with Gasteiger partial charge in [-0.1, -0.05) is 29.8 Å². The van der Waals surface area contributed by atoms with Crippen molar-refractivity contribution in [1.82, 2.24) is 15.1 Å². The van der Waals surface area contributed by atoms with E-state index in [1.807, 2.05) is 12.1 Å². The smallest absolute Gasteiger partial charge is 0.291 e. The summed E-state index contributed by atoms with van der Waals surface area (Å²) in [5.74, 6) is 0.0560. The maximum absolute atomic E-state index is 12.5. The minimum atomic E-state index is -0.389. The van der Waals surface area contributed by atoms with Crippen LogP contribution in [0.5, 0.6) is 5.75 Å². The minimum absolute atomic E-state index is 0.143. The highest BCUT2D eigenvalue weighted by Crippen LogP contribution is 2.33. The van der Waals surface area contributed by atoms with Crippen LogP contribution in [0.1, 0.15) is 15.9 Å². The number of piperazine rings is 1. The molecule has 1 fully saturated rings. The van der Waals surface area contributed by atoms with Crippen LogP contribution in [0.2, 0.25) is 5.02 Å². The summed E-state index contributed by atoms with van der Waals surface area (Å²) in [5, 5.41) is 6.27. The van der Waals surface area contributed by atoms with E-state index in [-0.39, 0.29) is 17.6 Å². The van der Waals surface area contributed by atoms with E-state index in [9.17, 15) is 9.59 Å². The van der Waals surface area contributed by atoms with Gasteiger partial charge >= 0.3 is 0 Å². The third kappa shape index (κ3) is 5.25. The zero-order valence-corrected chi connectivity index (χ0v) is 18.1. The van der Waals surface area contributed by atoms with Crippen LogP contribution in [0.3, 0.4) is 0 Å². The second kappa shape index (κ2) is 9.51. The first-order valence-corrected chi connectivity index (χ1v) is 10.7. The predicted molar refractivity (Wildman–Crippen MR) is 121 cm³/mol. The van der Waals surface area contributed by atoms with Gasteiger partial charge in [-0.05, 0) is 43.0 Å². The van der Waals surface area contributed by atoms with Crippen molar-refractivity contribution in [1.29, 1.82) is 0 Å². The molecular formula is C23H25ClN4O3. The van der Waals surface area contributed by atoms with E-state index < -0.39 is 0 Å². The Labute approximate surface area is 186 Å². The lowest BCUT2D eigenvalue weighted by atomic mass is 10.1. The summed E-state index contributed by atoms with van der Waals surface area (Å²) in [5.41, 5.74) is 1.63. The molecule has 162 valence electrons. The monoisotopic (exact) mass is 440 g/mol. The number of halogens is 1. The van der Waals surface area contributed by atoms with E-state index in [1.54, 1.807) is 36.4 Å². The van der Waals surface area contributed by atoms with Crippen LogP contribution in [0.25, 0.3) is 6.08 Å². The largest absolute Gasteiger partial charge is 0.449 e. The predicted octanol–water partition coefficient (Wildman–Crippen LogP) is 2.69. The molecule has 0 aliphatic carbocycles. The summed E-state index contributed by atoms with van der Waals surface area (Å²) in [6.45, 7) is 5.52. The van der Waals surface area contributed by atoms with E-state index in [0.29, 0.717) is 34.1 Å². The fourth-order valence-corrected chi connectivity index (χ4v) is 3.73. The zero-order valence-electron chi connectivity index (χ0n) is 17.4. The van der Waals surface area contributed by atoms with Crippen LogP contribution >= 0.6 is 11.6 Å². The molecule has 0 unspecified atom stereocenters. The van der Waals surface area contributed by atoms with Gasteiger partial charge < -0.3 is 20.3 Å². The van der Waals surface area contributed by atoms with Crippen molar-refractivity contribution in [2.45, 2.75) is 0 Å². The molecule has 2 aromatic rings. The normalized spacial score (nSPS) is 18.3. The molecule has 2 N–H and O–H groups in total. The van der Waals surface area contributed by atoms with Crippen molar-refractivity contribution in [2.24, 2.45) is 0 Å². The van der Waals surface area contributed by atoms with Gasteiger partial charge in [0, 0.05) is 49.9 Å². The molecule has 31 heavy (non-hydrogen) atoms. The van der Waals surface area contributed by atoms with Gasteiger partial charge in [0.25, 0.3) is 11.8 Å². The van der Waals surface area contributed by atoms with E-state index >= 15 is 0 Å². The summed E-state index contributed by atoms with van der Waals surface area (Å²) >= 11 is 6.16. The van der Waals surface area contributed by atoms with Crippen LogP contribution in [0, 0.1) is 0 Å². The maximum Gasteiger partial charge on any atom is 0.291 e. The van der Waals surface area contributed by atoms with Crippen molar-refractivity contribution in [3.8, 4) is 5.75 Å². The molecule has 0 spiro atoms. The van der Waals surface area contributed by atoms with Crippen molar-refractivity contribution >= 4 is 35.2 Å². The lowest BCUT2D eigenvalue weighted by Gasteiger charge is -2.32. The molecule has 8 heteroatoms. The van der Waals surface area contributed by atoms with Crippen LogP contribution in [0.4, 0.5) is 5.69 Å². The lowest BCUT2D eigenvalue weighted by Crippen LogP contribution is -2.46. The standard InChI is InChI=1S/C23H25ClN4O3/c1-27-10-12-28(13-11-27)9-8-25-22(29)17-6-7-20-19(14-17)26-23(30)21(31-20)15-16-4-2-3-5-18(16)24/h2-7,14-15H,8-13H2,1H3,(H,25,29)(H,26,30). The molecule has 2 aliphatic heterocycles. The third-order valence-electron chi connectivity index (χ3n) is 5.43. The molecule has 2 heterocycles. The van der Waals surface area contributed by atoms with Gasteiger partial charge in [0.05, 0.1) is 5.69 Å². The molecule has 2 aliphatic rings. The third-order valence-corrected chi connectivity index (χ3v) is 5.78. The molecule has 7 nitrogen and oxygen atoms in total. The zero-order chi connectivity index (χ0) is 21.8. The number of hydrogen-bond acceptors (Lipinski definition) is 5. The van der Waals surface area contributed by atoms with Gasteiger partial charge in [0.2, 0.25) is 0 Å². The van der Waals surface area contributed by atoms with Gasteiger partial charge in [-0.2, -0.15) is 0 Å². The van der Waals surface area contributed by atoms with Gasteiger partial charge in [0.1, 0.15) is 0 Å². The average molecular weight is 441 g/mol. The topological polar surface area (TPSA) is 73.9 Å². The summed E-state index contributed by atoms with van der Waals surface area (Å²) in [6, 6.07) is 12.2. The number of rotatable bonds is 5. The fraction of sp³-hybridized carbons (Fsp3) is 0.304. The first-order chi connectivity index (χ1) is 15.0. The van der Waals surface area contributed by atoms with Crippen LogP contribution in [-0.2, 0) is 4.79 Å². The Morgan fingerprint density at radius 2 is 1.97 bits per heavy atom. The minimum Gasteiger partial charge on any atom is -0.449 e. The van der Waals surface area contributed by atoms with Gasteiger partial charge in [0.15, 0.2) is 11.5 Å². The number of likely N-dealkylation sites (N-methyl/N-ethyl adjacent to an activating group) is 1. The van der Waals surface area contributed by atoms with E-state index in [2.05, 4.69) is 27.5 Å². The Morgan fingerprint density at radius 3 is 2.74 bits per heavy atom. The van der Waals surface area contributed by atoms with Gasteiger partial charge in [-0.25, -0.2) is 0 Å². The second-order valence-electron chi connectivity index (χ2n) is 7.70. The number of anilines is 1. The van der Waals surface area contributed by atoms with Crippen LogP contribution in [0.15, 0.2) is 48.2 Å². The van der Waals surface area contributed by atoms with Crippen LogP contribution in [-0.4, -0.2) is 67.9 Å². The number of carbonyl (C=O) groups is 2. The van der Waals surface area contributed by atoms with Gasteiger partial charge in [-0.3, -0.25) is 14.5 Å². The average Bonchev–Trinajstić information content (AvgIpc) is 2.76. The number of hydrogen-bond donors (Lipinski definition) is 2. The van der Waals surface area contributed by atoms with Crippen molar-refractivity contribution in [2.75, 3.05) is 51.6 Å². The van der Waals surface area contributed by atoms with Crippen molar-refractivity contribution in [3.63, 3.8) is 0 Å². The molecule has 0 saturated carbocycles. The Hall–Kier alpha value is -2.87. The number of benzene rings is 2. The Bertz CT molecular complexity index is 1020. The first-order valence-electron chi connectivity index (χ1n) is 10.3. The fourth-order valence-electron chi connectivity index (χ4n) is 3.54. The number of carbonyl (C=O) groups excluding carboxylic acids is 2. The molecule has 0 radical (unpaired) electrons. The van der Waals surface area contributed by atoms with E-state index in [4.69, 9.17) is 16.3 Å².